The number of benzene rings is 2. The highest BCUT2D eigenvalue weighted by molar-refractivity contribution is 5.95. The molecule has 0 radical (unpaired) electrons. The van der Waals surface area contributed by atoms with Crippen molar-refractivity contribution in [1.29, 1.82) is 0 Å². The van der Waals surface area contributed by atoms with Crippen molar-refractivity contribution in [3.05, 3.63) is 89.2 Å². The molecule has 6 heteroatoms. The molecule has 0 saturated heterocycles. The Morgan fingerprint density at radius 1 is 1.11 bits per heavy atom. The Bertz CT molecular complexity index is 949. The highest BCUT2D eigenvalue weighted by Gasteiger charge is 2.30. The van der Waals surface area contributed by atoms with Gasteiger partial charge in [-0.1, -0.05) is 42.5 Å². The summed E-state index contributed by atoms with van der Waals surface area (Å²) in [5.74, 6) is -0.724. The Kier molecular flexibility index (Phi) is 4.70. The molecular formula is C21H19N3O3. The van der Waals surface area contributed by atoms with Crippen molar-refractivity contribution >= 4 is 11.9 Å². The van der Waals surface area contributed by atoms with Gasteiger partial charge in [0.2, 0.25) is 0 Å². The number of carbonyl (C=O) groups excluding carboxylic acids is 2. The van der Waals surface area contributed by atoms with Crippen LogP contribution in [-0.2, 0) is 29.0 Å². The van der Waals surface area contributed by atoms with Gasteiger partial charge in [-0.3, -0.25) is 9.48 Å². The predicted octanol–water partition coefficient (Wildman–Crippen LogP) is 2.33. The minimum absolute atomic E-state index is 0.279. The third kappa shape index (κ3) is 3.89. The Morgan fingerprint density at radius 3 is 2.67 bits per heavy atom. The molecule has 0 saturated carbocycles. The molecule has 0 aliphatic carbocycles. The molecule has 0 bridgehead atoms. The molecule has 0 fully saturated rings. The van der Waals surface area contributed by atoms with Crippen LogP contribution in [0.15, 0.2) is 67.0 Å². The molecule has 1 amide bonds. The molecule has 27 heavy (non-hydrogen) atoms. The van der Waals surface area contributed by atoms with Gasteiger partial charge in [-0.2, -0.15) is 5.10 Å². The second-order valence-electron chi connectivity index (χ2n) is 6.49. The standard InChI is InChI=1S/C21H19N3O3/c25-20(19-12-17-4-1-2-5-18(17)21(26)27-19)22-13-15-6-8-16(9-7-15)14-24-11-3-10-23-24/h1-11,19H,12-14H2,(H,22,25)/t19-/m0/s1. The number of aromatic nitrogens is 2. The predicted molar refractivity (Wildman–Crippen MR) is 99.0 cm³/mol. The number of amides is 1. The van der Waals surface area contributed by atoms with Gasteiger partial charge in [0.05, 0.1) is 12.1 Å². The van der Waals surface area contributed by atoms with E-state index in [1.807, 2.05) is 53.3 Å². The summed E-state index contributed by atoms with van der Waals surface area (Å²) in [5.41, 5.74) is 3.49. The van der Waals surface area contributed by atoms with E-state index in [2.05, 4.69) is 10.4 Å². The Balaban J connectivity index is 1.33. The van der Waals surface area contributed by atoms with Gasteiger partial charge in [0.25, 0.3) is 5.91 Å². The first kappa shape index (κ1) is 17.0. The quantitative estimate of drug-likeness (QED) is 0.708. The summed E-state index contributed by atoms with van der Waals surface area (Å²) in [5, 5.41) is 7.04. The first-order valence-corrected chi connectivity index (χ1v) is 8.81. The van der Waals surface area contributed by atoms with Crippen LogP contribution in [0.2, 0.25) is 0 Å². The normalized spacial score (nSPS) is 15.7. The smallest absolute Gasteiger partial charge is 0.339 e. The zero-order valence-corrected chi connectivity index (χ0v) is 14.7. The molecule has 0 spiro atoms. The van der Waals surface area contributed by atoms with Gasteiger partial charge >= 0.3 is 5.97 Å². The molecule has 136 valence electrons. The summed E-state index contributed by atoms with van der Waals surface area (Å²) in [6, 6.07) is 17.1. The van der Waals surface area contributed by atoms with Crippen molar-refractivity contribution in [1.82, 2.24) is 15.1 Å². The molecule has 4 rings (SSSR count). The van der Waals surface area contributed by atoms with Crippen LogP contribution in [-0.4, -0.2) is 27.8 Å². The highest BCUT2D eigenvalue weighted by Crippen LogP contribution is 2.20. The molecule has 1 N–H and O–H groups in total. The van der Waals surface area contributed by atoms with Crippen molar-refractivity contribution in [2.45, 2.75) is 25.6 Å². The van der Waals surface area contributed by atoms with Crippen LogP contribution in [0.25, 0.3) is 0 Å². The number of hydrogen-bond donors (Lipinski definition) is 1. The molecule has 2 aromatic carbocycles. The average molecular weight is 361 g/mol. The van der Waals surface area contributed by atoms with Gasteiger partial charge in [-0.05, 0) is 28.8 Å². The third-order valence-corrected chi connectivity index (χ3v) is 4.58. The van der Waals surface area contributed by atoms with E-state index in [1.165, 1.54) is 0 Å². The SMILES string of the molecule is O=C1O[C@H](C(=O)NCc2ccc(Cn3cccn3)cc2)Cc2ccccc21. The minimum atomic E-state index is -0.786. The molecular weight excluding hydrogens is 342 g/mol. The number of carbonyl (C=O) groups is 2. The van der Waals surface area contributed by atoms with Gasteiger partial charge in [-0.25, -0.2) is 4.79 Å². The largest absolute Gasteiger partial charge is 0.448 e. The topological polar surface area (TPSA) is 73.2 Å². The van der Waals surface area contributed by atoms with Crippen LogP contribution < -0.4 is 5.32 Å². The van der Waals surface area contributed by atoms with E-state index in [1.54, 1.807) is 18.3 Å². The van der Waals surface area contributed by atoms with E-state index in [9.17, 15) is 9.59 Å². The van der Waals surface area contributed by atoms with Gasteiger partial charge in [-0.15, -0.1) is 0 Å². The second-order valence-corrected chi connectivity index (χ2v) is 6.49. The number of rotatable bonds is 5. The van der Waals surface area contributed by atoms with Crippen LogP contribution in [0, 0.1) is 0 Å². The number of hydrogen-bond acceptors (Lipinski definition) is 4. The fourth-order valence-electron chi connectivity index (χ4n) is 3.12. The van der Waals surface area contributed by atoms with E-state index < -0.39 is 12.1 Å². The Hall–Kier alpha value is -3.41. The highest BCUT2D eigenvalue weighted by atomic mass is 16.5. The second kappa shape index (κ2) is 7.45. The first-order chi connectivity index (χ1) is 13.2. The van der Waals surface area contributed by atoms with Crippen LogP contribution in [0.5, 0.6) is 0 Å². The van der Waals surface area contributed by atoms with E-state index in [0.717, 1.165) is 16.7 Å². The lowest BCUT2D eigenvalue weighted by atomic mass is 9.98. The Labute approximate surface area is 156 Å². The lowest BCUT2D eigenvalue weighted by Gasteiger charge is -2.23. The van der Waals surface area contributed by atoms with E-state index in [-0.39, 0.29) is 5.91 Å². The van der Waals surface area contributed by atoms with Crippen LogP contribution in [0.4, 0.5) is 0 Å². The number of nitrogens with zero attached hydrogens (tertiary/aromatic N) is 2. The lowest BCUT2D eigenvalue weighted by molar-refractivity contribution is -0.130. The zero-order valence-electron chi connectivity index (χ0n) is 14.7. The van der Waals surface area contributed by atoms with Crippen molar-refractivity contribution in [3.8, 4) is 0 Å². The fourth-order valence-corrected chi connectivity index (χ4v) is 3.12. The summed E-state index contributed by atoms with van der Waals surface area (Å²) in [6.07, 6.45) is 3.28. The summed E-state index contributed by atoms with van der Waals surface area (Å²) in [7, 11) is 0. The van der Waals surface area contributed by atoms with Crippen LogP contribution in [0.3, 0.4) is 0 Å². The van der Waals surface area contributed by atoms with Gasteiger partial charge in [0.15, 0.2) is 6.10 Å². The van der Waals surface area contributed by atoms with E-state index in [4.69, 9.17) is 4.74 Å². The molecule has 3 aromatic rings. The molecule has 6 nitrogen and oxygen atoms in total. The molecule has 0 unspecified atom stereocenters. The summed E-state index contributed by atoms with van der Waals surface area (Å²) >= 11 is 0. The van der Waals surface area contributed by atoms with E-state index >= 15 is 0 Å². The summed E-state index contributed by atoms with van der Waals surface area (Å²) in [4.78, 5) is 24.4. The maximum absolute atomic E-state index is 12.4. The summed E-state index contributed by atoms with van der Waals surface area (Å²) < 4.78 is 7.13. The monoisotopic (exact) mass is 361 g/mol. The number of esters is 1. The van der Waals surface area contributed by atoms with Crippen LogP contribution in [0.1, 0.15) is 27.0 Å². The van der Waals surface area contributed by atoms with Crippen molar-refractivity contribution in [2.75, 3.05) is 0 Å². The van der Waals surface area contributed by atoms with Crippen molar-refractivity contribution in [2.24, 2.45) is 0 Å². The van der Waals surface area contributed by atoms with Gasteiger partial charge < -0.3 is 10.1 Å². The molecule has 2 heterocycles. The fraction of sp³-hybridized carbons (Fsp3) is 0.190. The number of nitrogens with one attached hydrogen (secondary N) is 1. The van der Waals surface area contributed by atoms with Gasteiger partial charge in [0, 0.05) is 25.4 Å². The Morgan fingerprint density at radius 2 is 1.89 bits per heavy atom. The average Bonchev–Trinajstić information content (AvgIpc) is 3.20. The molecule has 1 aromatic heterocycles. The molecule has 1 atom stereocenters. The van der Waals surface area contributed by atoms with Crippen molar-refractivity contribution in [3.63, 3.8) is 0 Å². The minimum Gasteiger partial charge on any atom is -0.448 e. The molecule has 1 aliphatic rings. The maximum atomic E-state index is 12.4. The number of ether oxygens (including phenoxy) is 1. The first-order valence-electron chi connectivity index (χ1n) is 8.81. The van der Waals surface area contributed by atoms with E-state index in [0.29, 0.717) is 25.1 Å². The zero-order chi connectivity index (χ0) is 18.6. The number of fused-ring (bicyclic) bond motifs is 1. The van der Waals surface area contributed by atoms with Gasteiger partial charge in [0.1, 0.15) is 0 Å². The third-order valence-electron chi connectivity index (χ3n) is 4.58. The summed E-state index contributed by atoms with van der Waals surface area (Å²) in [6.45, 7) is 1.09. The molecule has 1 aliphatic heterocycles. The van der Waals surface area contributed by atoms with Crippen LogP contribution >= 0.6 is 0 Å². The maximum Gasteiger partial charge on any atom is 0.339 e. The number of cyclic esters (lactones) is 1. The lowest BCUT2D eigenvalue weighted by Crippen LogP contribution is -2.41. The van der Waals surface area contributed by atoms with Crippen molar-refractivity contribution < 1.29 is 14.3 Å².